The summed E-state index contributed by atoms with van der Waals surface area (Å²) in [5.41, 5.74) is 2.78. The highest BCUT2D eigenvalue weighted by molar-refractivity contribution is 7.16. The molecule has 3 heterocycles. The highest BCUT2D eigenvalue weighted by atomic mass is 32.1. The molecule has 1 amide bonds. The first-order chi connectivity index (χ1) is 15.3. The van der Waals surface area contributed by atoms with Crippen molar-refractivity contribution >= 4 is 39.6 Å². The summed E-state index contributed by atoms with van der Waals surface area (Å²) in [6, 6.07) is 10.5. The molecule has 2 aromatic rings. The van der Waals surface area contributed by atoms with Crippen molar-refractivity contribution in [1.29, 1.82) is 0 Å². The van der Waals surface area contributed by atoms with E-state index in [9.17, 15) is 4.79 Å². The lowest BCUT2D eigenvalue weighted by Crippen LogP contribution is -2.49. The van der Waals surface area contributed by atoms with Crippen molar-refractivity contribution in [2.75, 3.05) is 44.6 Å². The lowest BCUT2D eigenvalue weighted by molar-refractivity contribution is 0.0525. The number of hydrogen-bond acceptors (Lipinski definition) is 7. The van der Waals surface area contributed by atoms with Crippen molar-refractivity contribution in [2.45, 2.75) is 39.7 Å². The first-order valence-electron chi connectivity index (χ1n) is 11.3. The van der Waals surface area contributed by atoms with Gasteiger partial charge in [0.2, 0.25) is 0 Å². The third-order valence-electron chi connectivity index (χ3n) is 5.47. The van der Waals surface area contributed by atoms with Gasteiger partial charge in [0.25, 0.3) is 0 Å². The number of amides is 1. The minimum atomic E-state index is -0.460. The molecule has 2 N–H and O–H groups in total. The Hall–Kier alpha value is -2.58. The van der Waals surface area contributed by atoms with E-state index in [1.165, 1.54) is 15.4 Å². The minimum Gasteiger partial charge on any atom is -0.444 e. The van der Waals surface area contributed by atoms with Crippen molar-refractivity contribution in [2.24, 2.45) is 4.99 Å². The molecule has 0 unspecified atom stereocenters. The molecule has 1 aromatic heterocycles. The van der Waals surface area contributed by atoms with Gasteiger partial charge >= 0.3 is 6.09 Å². The molecule has 0 bridgehead atoms. The average molecular weight is 456 g/mol. The number of rotatable bonds is 4. The van der Waals surface area contributed by atoms with Crippen LogP contribution in [-0.2, 0) is 4.74 Å². The molecule has 2 aliphatic rings. The van der Waals surface area contributed by atoms with Crippen LogP contribution in [0.1, 0.15) is 37.6 Å². The van der Waals surface area contributed by atoms with Crippen LogP contribution in [0.25, 0.3) is 0 Å². The maximum Gasteiger partial charge on any atom is 0.407 e. The number of benzene rings is 1. The van der Waals surface area contributed by atoms with Crippen LogP contribution >= 0.6 is 11.3 Å². The fourth-order valence-electron chi connectivity index (χ4n) is 3.98. The molecule has 7 nitrogen and oxygen atoms in total. The van der Waals surface area contributed by atoms with E-state index in [0.29, 0.717) is 6.54 Å². The summed E-state index contributed by atoms with van der Waals surface area (Å²) in [6.45, 7) is 13.2. The number of aryl methyl sites for hydroxylation is 1. The molecule has 0 radical (unpaired) electrons. The smallest absolute Gasteiger partial charge is 0.407 e. The monoisotopic (exact) mass is 455 g/mol. The van der Waals surface area contributed by atoms with Gasteiger partial charge in [-0.3, -0.25) is 4.90 Å². The number of piperazine rings is 1. The second kappa shape index (κ2) is 9.50. The molecule has 172 valence electrons. The Kier molecular flexibility index (Phi) is 6.71. The summed E-state index contributed by atoms with van der Waals surface area (Å²) < 4.78 is 5.29. The Balaban J connectivity index is 1.33. The molecule has 0 saturated carbocycles. The Morgan fingerprint density at radius 2 is 1.97 bits per heavy atom. The van der Waals surface area contributed by atoms with Gasteiger partial charge in [0, 0.05) is 37.6 Å². The standard InChI is InChI=1S/C24H33N5O2S/c1-17-16-18-21(26-19-8-5-6-9-20(19)27-22(18)32-17)29-14-12-28(13-15-29)11-7-10-25-23(30)31-24(2,3)4/h5-6,8-9,16,27H,7,10-15H2,1-4H3,(H,25,30). The number of aliphatic imine (C=N–C) groups is 1. The number of amidine groups is 1. The predicted molar refractivity (Wildman–Crippen MR) is 132 cm³/mol. The lowest BCUT2D eigenvalue weighted by atomic mass is 10.2. The molecule has 4 rings (SSSR count). The van der Waals surface area contributed by atoms with Crippen LogP contribution in [0.3, 0.4) is 0 Å². The molecule has 1 fully saturated rings. The Labute approximate surface area is 194 Å². The zero-order valence-electron chi connectivity index (χ0n) is 19.4. The fourth-order valence-corrected chi connectivity index (χ4v) is 4.90. The average Bonchev–Trinajstić information content (AvgIpc) is 3.02. The molecule has 32 heavy (non-hydrogen) atoms. The predicted octanol–water partition coefficient (Wildman–Crippen LogP) is 4.72. The van der Waals surface area contributed by atoms with E-state index in [-0.39, 0.29) is 6.09 Å². The molecule has 0 aliphatic carbocycles. The van der Waals surface area contributed by atoms with Gasteiger partial charge in [-0.05, 0) is 58.9 Å². The van der Waals surface area contributed by atoms with E-state index < -0.39 is 5.60 Å². The van der Waals surface area contributed by atoms with Gasteiger partial charge in [0.05, 0.1) is 16.9 Å². The number of carbonyl (C=O) groups is 1. The molecule has 1 saturated heterocycles. The number of ether oxygens (including phenoxy) is 1. The van der Waals surface area contributed by atoms with E-state index in [1.807, 2.05) is 32.9 Å². The molecular weight excluding hydrogens is 422 g/mol. The highest BCUT2D eigenvalue weighted by Gasteiger charge is 2.26. The summed E-state index contributed by atoms with van der Waals surface area (Å²) in [7, 11) is 0. The zero-order valence-corrected chi connectivity index (χ0v) is 20.2. The summed E-state index contributed by atoms with van der Waals surface area (Å²) in [5, 5.41) is 7.60. The van der Waals surface area contributed by atoms with Crippen LogP contribution in [0.2, 0.25) is 0 Å². The third-order valence-corrected chi connectivity index (χ3v) is 6.43. The number of carbonyl (C=O) groups excluding carboxylic acids is 1. The van der Waals surface area contributed by atoms with E-state index in [0.717, 1.165) is 56.4 Å². The van der Waals surface area contributed by atoms with E-state index >= 15 is 0 Å². The quantitative estimate of drug-likeness (QED) is 0.653. The van der Waals surface area contributed by atoms with Gasteiger partial charge in [-0.25, -0.2) is 9.79 Å². The topological polar surface area (TPSA) is 69.2 Å². The van der Waals surface area contributed by atoms with Crippen LogP contribution < -0.4 is 10.6 Å². The van der Waals surface area contributed by atoms with Crippen molar-refractivity contribution in [3.05, 3.63) is 40.8 Å². The van der Waals surface area contributed by atoms with Gasteiger partial charge in [-0.15, -0.1) is 11.3 Å². The van der Waals surface area contributed by atoms with Crippen LogP contribution in [0.5, 0.6) is 0 Å². The minimum absolute atomic E-state index is 0.343. The third kappa shape index (κ3) is 5.61. The van der Waals surface area contributed by atoms with E-state index in [1.54, 1.807) is 11.3 Å². The second-order valence-electron chi connectivity index (χ2n) is 9.29. The summed E-state index contributed by atoms with van der Waals surface area (Å²) in [4.78, 5) is 23.0. The molecular formula is C24H33N5O2S. The van der Waals surface area contributed by atoms with Crippen LogP contribution in [-0.4, -0.2) is 66.6 Å². The van der Waals surface area contributed by atoms with Gasteiger partial charge in [-0.1, -0.05) is 12.1 Å². The number of thiophene rings is 1. The molecule has 0 spiro atoms. The van der Waals surface area contributed by atoms with Gasteiger partial charge in [0.1, 0.15) is 16.4 Å². The number of hydrogen-bond donors (Lipinski definition) is 2. The largest absolute Gasteiger partial charge is 0.444 e. The van der Waals surface area contributed by atoms with Gasteiger partial charge in [-0.2, -0.15) is 0 Å². The first kappa shape index (κ1) is 22.6. The van der Waals surface area contributed by atoms with Crippen molar-refractivity contribution in [1.82, 2.24) is 15.1 Å². The van der Waals surface area contributed by atoms with E-state index in [2.05, 4.69) is 45.6 Å². The van der Waals surface area contributed by atoms with Crippen LogP contribution in [0.15, 0.2) is 35.3 Å². The number of alkyl carbamates (subject to hydrolysis) is 1. The molecule has 8 heteroatoms. The number of nitrogens with one attached hydrogen (secondary N) is 2. The summed E-state index contributed by atoms with van der Waals surface area (Å²) >= 11 is 1.78. The maximum atomic E-state index is 11.8. The molecule has 0 atom stereocenters. The number of anilines is 2. The Morgan fingerprint density at radius 3 is 2.72 bits per heavy atom. The number of fused-ring (bicyclic) bond motifs is 2. The normalized spacial score (nSPS) is 16.4. The van der Waals surface area contributed by atoms with Gasteiger partial charge in [0.15, 0.2) is 0 Å². The van der Waals surface area contributed by atoms with Gasteiger partial charge < -0.3 is 20.3 Å². The van der Waals surface area contributed by atoms with Crippen molar-refractivity contribution < 1.29 is 9.53 Å². The lowest BCUT2D eigenvalue weighted by Gasteiger charge is -2.36. The molecule has 2 aliphatic heterocycles. The number of para-hydroxylation sites is 2. The van der Waals surface area contributed by atoms with Crippen LogP contribution in [0.4, 0.5) is 21.2 Å². The first-order valence-corrected chi connectivity index (χ1v) is 12.1. The maximum absolute atomic E-state index is 11.8. The Morgan fingerprint density at radius 1 is 1.22 bits per heavy atom. The highest BCUT2D eigenvalue weighted by Crippen LogP contribution is 2.39. The second-order valence-corrected chi connectivity index (χ2v) is 10.5. The Bertz CT molecular complexity index is 987. The zero-order chi connectivity index (χ0) is 22.7. The van der Waals surface area contributed by atoms with Crippen molar-refractivity contribution in [3.8, 4) is 0 Å². The van der Waals surface area contributed by atoms with Crippen molar-refractivity contribution in [3.63, 3.8) is 0 Å². The summed E-state index contributed by atoms with van der Waals surface area (Å²) in [5.74, 6) is 1.06. The summed E-state index contributed by atoms with van der Waals surface area (Å²) in [6.07, 6.45) is 0.565. The van der Waals surface area contributed by atoms with E-state index in [4.69, 9.17) is 9.73 Å². The van der Waals surface area contributed by atoms with Crippen LogP contribution in [0, 0.1) is 6.92 Å². The number of nitrogens with zero attached hydrogens (tertiary/aromatic N) is 3. The SMILES string of the molecule is Cc1cc2c(s1)Nc1ccccc1N=C2N1CCN(CCCNC(=O)OC(C)(C)C)CC1. The molecule has 1 aromatic carbocycles. The fraction of sp³-hybridized carbons (Fsp3) is 0.500.